The van der Waals surface area contributed by atoms with Crippen LogP contribution < -0.4 is 5.69 Å². The zero-order chi connectivity index (χ0) is 25.5. The van der Waals surface area contributed by atoms with Crippen LogP contribution >= 0.6 is 11.6 Å². The largest absolute Gasteiger partial charge is 0.480 e. The van der Waals surface area contributed by atoms with Gasteiger partial charge in [0.15, 0.2) is 0 Å². The van der Waals surface area contributed by atoms with Gasteiger partial charge in [-0.15, -0.1) is 0 Å². The van der Waals surface area contributed by atoms with Crippen LogP contribution in [0.2, 0.25) is 5.02 Å². The first kappa shape index (κ1) is 24.0. The summed E-state index contributed by atoms with van der Waals surface area (Å²) in [4.78, 5) is 26.6. The molecule has 9 nitrogen and oxygen atoms in total. The average Bonchev–Trinajstić information content (AvgIpc) is 3.50. The Labute approximate surface area is 211 Å². The molecule has 3 N–H and O–H groups in total. The second-order valence-corrected chi connectivity index (χ2v) is 10.9. The van der Waals surface area contributed by atoms with Crippen LogP contribution in [-0.2, 0) is 21.4 Å². The molecule has 0 aliphatic heterocycles. The third-order valence-corrected chi connectivity index (χ3v) is 8.57. The van der Waals surface area contributed by atoms with Gasteiger partial charge in [-0.05, 0) is 47.4 Å². The molecular formula is C25H21ClN4O5S. The maximum absolute atomic E-state index is 13.9. The van der Waals surface area contributed by atoms with Gasteiger partial charge in [0.25, 0.3) is 0 Å². The number of carboxylic acids is 1. The minimum atomic E-state index is -4.32. The number of halogens is 1. The van der Waals surface area contributed by atoms with E-state index in [1.807, 2.05) is 12.1 Å². The highest BCUT2D eigenvalue weighted by molar-refractivity contribution is 7.89. The Bertz CT molecular complexity index is 1570. The van der Waals surface area contributed by atoms with Crippen molar-refractivity contribution in [2.24, 2.45) is 0 Å². The molecule has 3 aromatic carbocycles. The number of hydrogen-bond donors (Lipinski definition) is 3. The van der Waals surface area contributed by atoms with Crippen molar-refractivity contribution in [2.45, 2.75) is 29.3 Å². The summed E-state index contributed by atoms with van der Waals surface area (Å²) in [5.74, 6) is -1.82. The molecular weight excluding hydrogens is 504 g/mol. The fraction of sp³-hybridized carbons (Fsp3) is 0.160. The predicted molar refractivity (Wildman–Crippen MR) is 133 cm³/mol. The van der Waals surface area contributed by atoms with Gasteiger partial charge in [-0.25, -0.2) is 18.3 Å². The van der Waals surface area contributed by atoms with Crippen LogP contribution in [0.1, 0.15) is 23.7 Å². The molecule has 11 heteroatoms. The number of benzene rings is 3. The van der Waals surface area contributed by atoms with Crippen LogP contribution in [0.4, 0.5) is 0 Å². The zero-order valence-electron chi connectivity index (χ0n) is 18.8. The Morgan fingerprint density at radius 3 is 2.19 bits per heavy atom. The van der Waals surface area contributed by atoms with E-state index in [2.05, 4.69) is 15.2 Å². The molecule has 0 radical (unpaired) electrons. The summed E-state index contributed by atoms with van der Waals surface area (Å²) in [5.41, 5.74) is -0.00801. The summed E-state index contributed by atoms with van der Waals surface area (Å²) in [6, 6.07) is 22.2. The van der Waals surface area contributed by atoms with E-state index in [4.69, 9.17) is 11.6 Å². The number of H-pyrrole nitrogens is 2. The first-order valence-electron chi connectivity index (χ1n) is 11.0. The fourth-order valence-corrected chi connectivity index (χ4v) is 6.36. The molecule has 0 unspecified atom stereocenters. The molecule has 0 bridgehead atoms. The van der Waals surface area contributed by atoms with Crippen LogP contribution in [0, 0.1) is 0 Å². The first-order chi connectivity index (χ1) is 17.2. The fourth-order valence-electron chi connectivity index (χ4n) is 4.50. The van der Waals surface area contributed by atoms with Crippen molar-refractivity contribution in [2.75, 3.05) is 0 Å². The lowest BCUT2D eigenvalue weighted by atomic mass is 10.1. The maximum atomic E-state index is 13.9. The monoisotopic (exact) mass is 524 g/mol. The Kier molecular flexibility index (Phi) is 6.03. The predicted octanol–water partition coefficient (Wildman–Crippen LogP) is 3.62. The average molecular weight is 525 g/mol. The maximum Gasteiger partial charge on any atom is 0.340 e. The number of aliphatic carboxylic acids is 1. The SMILES string of the molecule is O=C(O)[C@@]1(N(Cc2n[nH]c(=O)[nH]2)S(=O)(=O)c2ccc(-c3ccc(Cl)cc3)cc2)C[C@H]1c1ccccc1. The summed E-state index contributed by atoms with van der Waals surface area (Å²) in [6.45, 7) is -0.421. The van der Waals surface area contributed by atoms with Gasteiger partial charge in [-0.2, -0.15) is 9.40 Å². The van der Waals surface area contributed by atoms with E-state index in [1.165, 1.54) is 12.1 Å². The van der Waals surface area contributed by atoms with Gasteiger partial charge in [-0.1, -0.05) is 66.2 Å². The lowest BCUT2D eigenvalue weighted by Crippen LogP contribution is -2.48. The normalized spacial score (nSPS) is 19.3. The number of rotatable bonds is 8. The van der Waals surface area contributed by atoms with E-state index in [9.17, 15) is 23.1 Å². The highest BCUT2D eigenvalue weighted by atomic mass is 35.5. The Morgan fingerprint density at radius 1 is 1.03 bits per heavy atom. The lowest BCUT2D eigenvalue weighted by Gasteiger charge is -2.28. The van der Waals surface area contributed by atoms with Crippen LogP contribution in [0.15, 0.2) is 88.6 Å². The van der Waals surface area contributed by atoms with E-state index >= 15 is 0 Å². The molecule has 1 aliphatic carbocycles. The van der Waals surface area contributed by atoms with Crippen molar-refractivity contribution in [3.05, 3.63) is 106 Å². The Morgan fingerprint density at radius 2 is 1.64 bits per heavy atom. The van der Waals surface area contributed by atoms with Crippen molar-refractivity contribution in [1.29, 1.82) is 0 Å². The molecule has 1 saturated carbocycles. The number of aromatic amines is 2. The van der Waals surface area contributed by atoms with Crippen LogP contribution in [0.3, 0.4) is 0 Å². The Balaban J connectivity index is 1.56. The molecule has 1 aliphatic rings. The number of sulfonamides is 1. The quantitative estimate of drug-likeness (QED) is 0.322. The minimum absolute atomic E-state index is 0.0145. The standard InChI is InChI=1S/C25H21ClN4O5S/c26-19-10-6-16(7-11-19)17-8-12-20(13-9-17)36(34,35)30(15-22-27-24(33)29-28-22)25(23(31)32)14-21(25)18-4-2-1-3-5-18/h1-13,21H,14-15H2,(H,31,32)(H2,27,28,29,33)/t21-,25+/m0/s1. The number of aromatic nitrogens is 3. The molecule has 4 aromatic rings. The smallest absolute Gasteiger partial charge is 0.340 e. The molecule has 0 saturated heterocycles. The summed E-state index contributed by atoms with van der Waals surface area (Å²) >= 11 is 5.95. The van der Waals surface area contributed by atoms with Crippen LogP contribution in [0.25, 0.3) is 11.1 Å². The number of nitrogens with one attached hydrogen (secondary N) is 2. The van der Waals surface area contributed by atoms with Crippen molar-refractivity contribution < 1.29 is 18.3 Å². The first-order valence-corrected chi connectivity index (χ1v) is 12.8. The van der Waals surface area contributed by atoms with Crippen molar-refractivity contribution >= 4 is 27.6 Å². The number of carbonyl (C=O) groups is 1. The van der Waals surface area contributed by atoms with Crippen LogP contribution in [-0.4, -0.2) is 44.5 Å². The topological polar surface area (TPSA) is 136 Å². The highest BCUT2D eigenvalue weighted by Gasteiger charge is 2.68. The minimum Gasteiger partial charge on any atom is -0.480 e. The molecule has 1 aromatic heterocycles. The zero-order valence-corrected chi connectivity index (χ0v) is 20.3. The second kappa shape index (κ2) is 9.05. The van der Waals surface area contributed by atoms with E-state index in [0.717, 1.165) is 15.4 Å². The second-order valence-electron chi connectivity index (χ2n) is 8.56. The summed E-state index contributed by atoms with van der Waals surface area (Å²) < 4.78 is 28.8. The molecule has 1 heterocycles. The van der Waals surface area contributed by atoms with Crippen molar-refractivity contribution in [1.82, 2.24) is 19.5 Å². The summed E-state index contributed by atoms with van der Waals surface area (Å²) in [5, 5.41) is 16.9. The van der Waals surface area contributed by atoms with Gasteiger partial charge in [0.05, 0.1) is 11.4 Å². The molecule has 0 amide bonds. The van der Waals surface area contributed by atoms with E-state index in [-0.39, 0.29) is 17.1 Å². The Hall–Kier alpha value is -3.73. The third-order valence-electron chi connectivity index (χ3n) is 6.41. The third kappa shape index (κ3) is 4.23. The number of nitrogens with zero attached hydrogens (tertiary/aromatic N) is 2. The van der Waals surface area contributed by atoms with Gasteiger partial charge < -0.3 is 5.11 Å². The van der Waals surface area contributed by atoms with Crippen molar-refractivity contribution in [3.63, 3.8) is 0 Å². The van der Waals surface area contributed by atoms with Gasteiger partial charge >= 0.3 is 11.7 Å². The van der Waals surface area contributed by atoms with E-state index in [0.29, 0.717) is 10.6 Å². The summed E-state index contributed by atoms with van der Waals surface area (Å²) in [7, 11) is -4.32. The number of hydrogen-bond acceptors (Lipinski definition) is 5. The number of carboxylic acid groups (broad SMARTS) is 1. The van der Waals surface area contributed by atoms with E-state index < -0.39 is 39.7 Å². The molecule has 36 heavy (non-hydrogen) atoms. The van der Waals surface area contributed by atoms with Gasteiger partial charge in [0, 0.05) is 10.9 Å². The molecule has 1 fully saturated rings. The van der Waals surface area contributed by atoms with E-state index in [1.54, 1.807) is 54.6 Å². The van der Waals surface area contributed by atoms with Crippen LogP contribution in [0.5, 0.6) is 0 Å². The highest BCUT2D eigenvalue weighted by Crippen LogP contribution is 2.57. The molecule has 5 rings (SSSR count). The summed E-state index contributed by atoms with van der Waals surface area (Å²) in [6.07, 6.45) is 0.0864. The van der Waals surface area contributed by atoms with Gasteiger partial charge in [0.1, 0.15) is 11.4 Å². The lowest BCUT2D eigenvalue weighted by molar-refractivity contribution is -0.143. The van der Waals surface area contributed by atoms with Gasteiger partial charge in [-0.3, -0.25) is 9.78 Å². The molecule has 0 spiro atoms. The molecule has 2 atom stereocenters. The van der Waals surface area contributed by atoms with Gasteiger partial charge in [0.2, 0.25) is 10.0 Å². The molecule has 184 valence electrons. The van der Waals surface area contributed by atoms with Crippen molar-refractivity contribution in [3.8, 4) is 11.1 Å².